The number of likely N-dealkylation sites (tertiary alicyclic amines) is 1. The molecule has 0 unspecified atom stereocenters. The van der Waals surface area contributed by atoms with Crippen LogP contribution >= 0.6 is 22.9 Å². The van der Waals surface area contributed by atoms with Crippen molar-refractivity contribution < 1.29 is 32.6 Å². The number of halogens is 1. The molecule has 2 heterocycles. The van der Waals surface area contributed by atoms with Crippen LogP contribution in [0.25, 0.3) is 10.2 Å². The zero-order valence-corrected chi connectivity index (χ0v) is 19.9. The summed E-state index contributed by atoms with van der Waals surface area (Å²) >= 11 is 7.11. The zero-order chi connectivity index (χ0) is 24.5. The molecule has 34 heavy (non-hydrogen) atoms. The molecule has 178 valence electrons. The minimum absolute atomic E-state index is 0.0386. The number of thiazole rings is 1. The average molecular weight is 525 g/mol. The van der Waals surface area contributed by atoms with Crippen molar-refractivity contribution in [2.24, 2.45) is 0 Å². The van der Waals surface area contributed by atoms with E-state index in [9.17, 15) is 22.8 Å². The van der Waals surface area contributed by atoms with E-state index in [1.807, 2.05) is 0 Å². The molecule has 0 radical (unpaired) electrons. The number of fused-ring (bicyclic) bond motifs is 1. The second-order valence-corrected chi connectivity index (χ2v) is 10.7. The molecule has 0 bridgehead atoms. The number of benzene rings is 2. The van der Waals surface area contributed by atoms with Crippen molar-refractivity contribution in [1.29, 1.82) is 0 Å². The summed E-state index contributed by atoms with van der Waals surface area (Å²) in [6, 6.07) is 7.50. The topological polar surface area (TPSA) is 144 Å². The first-order valence-corrected chi connectivity index (χ1v) is 12.8. The highest BCUT2D eigenvalue weighted by Crippen LogP contribution is 2.28. The van der Waals surface area contributed by atoms with Gasteiger partial charge in [0.25, 0.3) is 5.91 Å². The number of rotatable bonds is 5. The molecule has 14 heteroatoms. The first-order valence-electron chi connectivity index (χ1n) is 9.76. The van der Waals surface area contributed by atoms with Crippen LogP contribution in [0.15, 0.2) is 41.3 Å². The summed E-state index contributed by atoms with van der Waals surface area (Å²) < 4.78 is 24.0. The summed E-state index contributed by atoms with van der Waals surface area (Å²) in [5.41, 5.74) is 0.399. The lowest BCUT2D eigenvalue weighted by Crippen LogP contribution is -2.42. The predicted molar refractivity (Wildman–Crippen MR) is 124 cm³/mol. The maximum Gasteiger partial charge on any atom is 0.452 e. The normalized spacial score (nSPS) is 13.2. The van der Waals surface area contributed by atoms with E-state index < -0.39 is 27.9 Å². The number of hydrogen-bond donors (Lipinski definition) is 2. The van der Waals surface area contributed by atoms with Gasteiger partial charge >= 0.3 is 12.1 Å². The van der Waals surface area contributed by atoms with Gasteiger partial charge in [-0.3, -0.25) is 20.3 Å². The third-order valence-corrected chi connectivity index (χ3v) is 7.11. The van der Waals surface area contributed by atoms with Gasteiger partial charge in [0.1, 0.15) is 0 Å². The average Bonchev–Trinajstić information content (AvgIpc) is 3.12. The summed E-state index contributed by atoms with van der Waals surface area (Å²) in [6.07, 6.45) is 1.33. The number of anilines is 1. The van der Waals surface area contributed by atoms with Crippen LogP contribution in [-0.4, -0.2) is 55.7 Å². The van der Waals surface area contributed by atoms with Crippen molar-refractivity contribution in [2.75, 3.05) is 24.7 Å². The number of nitrogens with one attached hydrogen (secondary N) is 2. The van der Waals surface area contributed by atoms with Crippen molar-refractivity contribution in [1.82, 2.24) is 15.2 Å². The molecule has 1 aliphatic rings. The van der Waals surface area contributed by atoms with Gasteiger partial charge in [-0.1, -0.05) is 22.9 Å². The lowest BCUT2D eigenvalue weighted by Gasteiger charge is -2.28. The van der Waals surface area contributed by atoms with E-state index >= 15 is 0 Å². The van der Waals surface area contributed by atoms with E-state index in [-0.39, 0.29) is 26.4 Å². The Hall–Kier alpha value is -3.42. The molecule has 3 aromatic rings. The fourth-order valence-corrected chi connectivity index (χ4v) is 4.68. The lowest BCUT2D eigenvalue weighted by molar-refractivity contribution is -0.157. The molecule has 0 spiro atoms. The fourth-order valence-electron chi connectivity index (χ4n) is 2.85. The van der Waals surface area contributed by atoms with Crippen molar-refractivity contribution in [3.8, 4) is 5.75 Å². The second kappa shape index (κ2) is 9.44. The minimum atomic E-state index is -3.39. The number of carbonyl (C=O) groups is 3. The first-order chi connectivity index (χ1) is 16.1. The van der Waals surface area contributed by atoms with E-state index in [1.165, 1.54) is 41.3 Å². The van der Waals surface area contributed by atoms with Gasteiger partial charge in [0.15, 0.2) is 20.7 Å². The molecule has 11 nitrogen and oxygen atoms in total. The maximum absolute atomic E-state index is 12.5. The molecule has 2 aromatic carbocycles. The smallest absolute Gasteiger partial charge is 0.305 e. The van der Waals surface area contributed by atoms with Gasteiger partial charge in [-0.05, 0) is 42.8 Å². The van der Waals surface area contributed by atoms with E-state index in [1.54, 1.807) is 0 Å². The monoisotopic (exact) mass is 524 g/mol. The van der Waals surface area contributed by atoms with E-state index in [4.69, 9.17) is 21.4 Å². The number of amides is 4. The molecule has 0 aliphatic carbocycles. The van der Waals surface area contributed by atoms with Crippen LogP contribution in [-0.2, 0) is 14.7 Å². The number of nitrogens with zero attached hydrogens (tertiary/aromatic N) is 2. The molecule has 1 aliphatic heterocycles. The molecule has 0 atom stereocenters. The van der Waals surface area contributed by atoms with Crippen molar-refractivity contribution in [3.63, 3.8) is 0 Å². The Labute approximate surface area is 202 Å². The molecular formula is C20H17ClN4O7S2. The van der Waals surface area contributed by atoms with Gasteiger partial charge in [0, 0.05) is 19.3 Å². The summed E-state index contributed by atoms with van der Waals surface area (Å²) in [7, 11) is -3.39. The van der Waals surface area contributed by atoms with Gasteiger partial charge in [0.2, 0.25) is 0 Å². The largest absolute Gasteiger partial charge is 0.452 e. The van der Waals surface area contributed by atoms with Crippen LogP contribution in [0, 0.1) is 0 Å². The minimum Gasteiger partial charge on any atom is -0.305 e. The predicted octanol–water partition coefficient (Wildman–Crippen LogP) is 3.45. The van der Waals surface area contributed by atoms with Gasteiger partial charge in [-0.25, -0.2) is 27.9 Å². The highest BCUT2D eigenvalue weighted by molar-refractivity contribution is 7.90. The Bertz CT molecular complexity index is 1400. The van der Waals surface area contributed by atoms with Gasteiger partial charge < -0.3 is 4.90 Å². The van der Waals surface area contributed by atoms with Crippen LogP contribution in [0.5, 0.6) is 5.75 Å². The Morgan fingerprint density at radius 1 is 1.15 bits per heavy atom. The van der Waals surface area contributed by atoms with E-state index in [0.717, 1.165) is 24.0 Å². The molecule has 1 saturated heterocycles. The number of aromatic nitrogens is 1. The number of carbonyl (C=O) groups excluding carboxylic acids is 3. The highest BCUT2D eigenvalue weighted by Gasteiger charge is 2.23. The van der Waals surface area contributed by atoms with E-state index in [0.29, 0.717) is 23.3 Å². The number of hydrogen-bond acceptors (Lipinski definition) is 9. The molecule has 1 aromatic heterocycles. The Morgan fingerprint density at radius 2 is 1.91 bits per heavy atom. The van der Waals surface area contributed by atoms with Crippen molar-refractivity contribution in [3.05, 3.63) is 47.0 Å². The summed E-state index contributed by atoms with van der Waals surface area (Å²) in [4.78, 5) is 52.0. The summed E-state index contributed by atoms with van der Waals surface area (Å²) in [5.74, 6) is -0.792. The van der Waals surface area contributed by atoms with Crippen molar-refractivity contribution in [2.45, 2.75) is 11.3 Å². The Kier molecular flexibility index (Phi) is 6.59. The van der Waals surface area contributed by atoms with Gasteiger partial charge in [0.05, 0.1) is 25.7 Å². The second-order valence-electron chi connectivity index (χ2n) is 7.24. The number of imide groups is 1. The Morgan fingerprint density at radius 3 is 2.59 bits per heavy atom. The van der Waals surface area contributed by atoms with Gasteiger partial charge in [-0.2, -0.15) is 0 Å². The lowest BCUT2D eigenvalue weighted by atomic mass is 10.2. The molecule has 4 amide bonds. The molecular weight excluding hydrogens is 508 g/mol. The summed E-state index contributed by atoms with van der Waals surface area (Å²) in [6.45, 7) is 1.16. The zero-order valence-electron chi connectivity index (χ0n) is 17.5. The SMILES string of the molecule is CS(=O)(=O)c1ccc2nc(NC(=O)NC(=O)c3cc(OOC(=O)N4CCC4)ccc3Cl)sc2c1. The molecule has 0 saturated carbocycles. The van der Waals surface area contributed by atoms with Gasteiger partial charge in [-0.15, -0.1) is 0 Å². The van der Waals surface area contributed by atoms with Crippen LogP contribution in [0.1, 0.15) is 16.8 Å². The van der Waals surface area contributed by atoms with Crippen LogP contribution in [0.4, 0.5) is 14.7 Å². The van der Waals surface area contributed by atoms with Crippen LogP contribution < -0.4 is 15.5 Å². The third kappa shape index (κ3) is 5.38. The molecule has 1 fully saturated rings. The van der Waals surface area contributed by atoms with E-state index in [2.05, 4.69) is 15.6 Å². The quantitative estimate of drug-likeness (QED) is 0.381. The Balaban J connectivity index is 1.40. The number of sulfone groups is 1. The highest BCUT2D eigenvalue weighted by atomic mass is 35.5. The third-order valence-electron chi connectivity index (χ3n) is 4.74. The van der Waals surface area contributed by atoms with Crippen LogP contribution in [0.2, 0.25) is 5.02 Å². The fraction of sp³-hybridized carbons (Fsp3) is 0.200. The summed E-state index contributed by atoms with van der Waals surface area (Å²) in [5, 5.41) is 4.75. The molecule has 2 N–H and O–H groups in total. The maximum atomic E-state index is 12.5. The van der Waals surface area contributed by atoms with Crippen LogP contribution in [0.3, 0.4) is 0 Å². The number of urea groups is 1. The molecule has 4 rings (SSSR count). The van der Waals surface area contributed by atoms with Crippen molar-refractivity contribution >= 4 is 66.2 Å². The first kappa shape index (κ1) is 23.7. The standard InChI is InChI=1S/C20H17ClN4O7S2/c1-34(29,30)12-4-6-15-16(10-12)33-19(22-15)24-18(27)23-17(26)13-9-11(3-5-14(13)21)31-32-20(28)25-7-2-8-25/h3-6,9-10H,2,7-8H2,1H3,(H2,22,23,24,26,27).